The van der Waals surface area contributed by atoms with Crippen molar-refractivity contribution in [2.75, 3.05) is 23.7 Å². The Hall–Kier alpha value is -1.27. The number of sulfonamides is 1. The van der Waals surface area contributed by atoms with Crippen molar-refractivity contribution in [1.29, 1.82) is 0 Å². The first-order valence-corrected chi connectivity index (χ1v) is 7.47. The van der Waals surface area contributed by atoms with E-state index in [1.807, 2.05) is 0 Å². The van der Waals surface area contributed by atoms with Crippen molar-refractivity contribution in [3.8, 4) is 5.75 Å². The number of aliphatic hydroxyl groups excluding tert-OH is 1. The second-order valence-electron chi connectivity index (χ2n) is 4.20. The molecule has 0 aliphatic carbocycles. The third-order valence-corrected chi connectivity index (χ3v) is 4.95. The maximum atomic E-state index is 12.0. The number of hydrogen-bond donors (Lipinski definition) is 1. The lowest BCUT2D eigenvalue weighted by molar-refractivity contribution is 0.166. The summed E-state index contributed by atoms with van der Waals surface area (Å²) in [4.78, 5) is 0. The molecule has 2 rings (SSSR count). The van der Waals surface area contributed by atoms with Crippen LogP contribution in [0, 0.1) is 0 Å². The minimum absolute atomic E-state index is 0.0414. The quantitative estimate of drug-likeness (QED) is 0.899. The zero-order chi connectivity index (χ0) is 13.3. The molecule has 0 aromatic heterocycles. The minimum atomic E-state index is -3.32. The molecule has 1 heterocycles. The second-order valence-corrected chi connectivity index (χ2v) is 6.38. The Bertz CT molecular complexity index is 541. The fourth-order valence-corrected chi connectivity index (χ4v) is 3.26. The summed E-state index contributed by atoms with van der Waals surface area (Å²) in [5.41, 5.74) is 1.16. The van der Waals surface area contributed by atoms with E-state index >= 15 is 0 Å². The SMILES string of the molecule is CCS(=O)(=O)N1CCC(O)c2ccc(OC)cc21. The van der Waals surface area contributed by atoms with E-state index in [9.17, 15) is 13.5 Å². The van der Waals surface area contributed by atoms with Crippen LogP contribution in [0.1, 0.15) is 25.0 Å². The van der Waals surface area contributed by atoms with E-state index in [0.29, 0.717) is 30.0 Å². The summed E-state index contributed by atoms with van der Waals surface area (Å²) in [6, 6.07) is 5.10. The lowest BCUT2D eigenvalue weighted by Gasteiger charge is -2.32. The molecular formula is C12H17NO4S. The number of fused-ring (bicyclic) bond motifs is 1. The molecule has 100 valence electrons. The fraction of sp³-hybridized carbons (Fsp3) is 0.500. The Kier molecular flexibility index (Phi) is 3.49. The number of aliphatic hydroxyl groups is 1. The van der Waals surface area contributed by atoms with Crippen LogP contribution in [0.15, 0.2) is 18.2 Å². The molecule has 1 atom stereocenters. The molecule has 0 bridgehead atoms. The van der Waals surface area contributed by atoms with Crippen molar-refractivity contribution in [2.24, 2.45) is 0 Å². The number of nitrogens with zero attached hydrogens (tertiary/aromatic N) is 1. The van der Waals surface area contributed by atoms with Crippen LogP contribution in [0.4, 0.5) is 5.69 Å². The first kappa shape index (κ1) is 13.2. The molecule has 1 aliphatic rings. The topological polar surface area (TPSA) is 66.8 Å². The van der Waals surface area contributed by atoms with Gasteiger partial charge in [-0.3, -0.25) is 4.31 Å². The van der Waals surface area contributed by atoms with Crippen LogP contribution in [0.3, 0.4) is 0 Å². The predicted octanol–water partition coefficient (Wildman–Crippen LogP) is 1.29. The van der Waals surface area contributed by atoms with E-state index in [1.165, 1.54) is 11.4 Å². The van der Waals surface area contributed by atoms with E-state index in [2.05, 4.69) is 0 Å². The van der Waals surface area contributed by atoms with E-state index in [1.54, 1.807) is 25.1 Å². The van der Waals surface area contributed by atoms with Gasteiger partial charge >= 0.3 is 0 Å². The molecule has 0 fully saturated rings. The van der Waals surface area contributed by atoms with Crippen molar-refractivity contribution in [2.45, 2.75) is 19.4 Å². The van der Waals surface area contributed by atoms with Gasteiger partial charge in [0.1, 0.15) is 5.75 Å². The van der Waals surface area contributed by atoms with Gasteiger partial charge in [-0.05, 0) is 19.4 Å². The smallest absolute Gasteiger partial charge is 0.234 e. The summed E-state index contributed by atoms with van der Waals surface area (Å²) in [6.07, 6.45) is -0.201. The third-order valence-electron chi connectivity index (χ3n) is 3.17. The van der Waals surface area contributed by atoms with Crippen molar-refractivity contribution in [3.05, 3.63) is 23.8 Å². The predicted molar refractivity (Wildman–Crippen MR) is 69.4 cm³/mol. The number of hydrogen-bond acceptors (Lipinski definition) is 4. The molecule has 0 saturated heterocycles. The summed E-state index contributed by atoms with van der Waals surface area (Å²) < 4.78 is 30.5. The molecule has 1 aromatic rings. The standard InChI is InChI=1S/C12H17NO4S/c1-3-18(15,16)13-7-6-12(14)10-5-4-9(17-2)8-11(10)13/h4-5,8,12,14H,3,6-7H2,1-2H3. The lowest BCUT2D eigenvalue weighted by Crippen LogP contribution is -2.37. The van der Waals surface area contributed by atoms with Gasteiger partial charge in [-0.15, -0.1) is 0 Å². The highest BCUT2D eigenvalue weighted by atomic mass is 32.2. The molecule has 18 heavy (non-hydrogen) atoms. The Morgan fingerprint density at radius 1 is 1.50 bits per heavy atom. The van der Waals surface area contributed by atoms with Gasteiger partial charge in [0.2, 0.25) is 10.0 Å². The highest BCUT2D eigenvalue weighted by Gasteiger charge is 2.30. The van der Waals surface area contributed by atoms with Gasteiger partial charge in [0.05, 0.1) is 24.7 Å². The van der Waals surface area contributed by atoms with Gasteiger partial charge in [-0.25, -0.2) is 8.42 Å². The van der Waals surface area contributed by atoms with Crippen molar-refractivity contribution in [3.63, 3.8) is 0 Å². The van der Waals surface area contributed by atoms with Crippen LogP contribution in [0.25, 0.3) is 0 Å². The van der Waals surface area contributed by atoms with Gasteiger partial charge in [-0.2, -0.15) is 0 Å². The largest absolute Gasteiger partial charge is 0.497 e. The maximum Gasteiger partial charge on any atom is 0.234 e. The second kappa shape index (κ2) is 4.78. The number of ether oxygens (including phenoxy) is 1. The van der Waals surface area contributed by atoms with Crippen LogP contribution in [-0.4, -0.2) is 32.9 Å². The van der Waals surface area contributed by atoms with Crippen LogP contribution in [-0.2, 0) is 10.0 Å². The first-order chi connectivity index (χ1) is 8.49. The van der Waals surface area contributed by atoms with E-state index in [-0.39, 0.29) is 5.75 Å². The minimum Gasteiger partial charge on any atom is -0.497 e. The van der Waals surface area contributed by atoms with Crippen LogP contribution in [0.5, 0.6) is 5.75 Å². The monoisotopic (exact) mass is 271 g/mol. The Balaban J connectivity index is 2.54. The van der Waals surface area contributed by atoms with Crippen molar-refractivity contribution >= 4 is 15.7 Å². The molecule has 0 amide bonds. The molecule has 6 heteroatoms. The Morgan fingerprint density at radius 3 is 2.83 bits per heavy atom. The molecule has 1 N–H and O–H groups in total. The van der Waals surface area contributed by atoms with Crippen LogP contribution >= 0.6 is 0 Å². The molecule has 0 saturated carbocycles. The fourth-order valence-electron chi connectivity index (χ4n) is 2.11. The molecule has 0 radical (unpaired) electrons. The molecule has 1 aromatic carbocycles. The average molecular weight is 271 g/mol. The molecule has 1 aliphatic heterocycles. The summed E-state index contributed by atoms with van der Waals surface area (Å²) in [5.74, 6) is 0.624. The number of benzene rings is 1. The van der Waals surface area contributed by atoms with Gasteiger partial charge in [0.25, 0.3) is 0 Å². The summed E-state index contributed by atoms with van der Waals surface area (Å²) >= 11 is 0. The molecule has 5 nitrogen and oxygen atoms in total. The zero-order valence-electron chi connectivity index (χ0n) is 10.5. The lowest BCUT2D eigenvalue weighted by atomic mass is 10.0. The van der Waals surface area contributed by atoms with E-state index < -0.39 is 16.1 Å². The van der Waals surface area contributed by atoms with E-state index in [0.717, 1.165) is 0 Å². The highest BCUT2D eigenvalue weighted by molar-refractivity contribution is 7.92. The van der Waals surface area contributed by atoms with Gasteiger partial charge < -0.3 is 9.84 Å². The molecular weight excluding hydrogens is 254 g/mol. The maximum absolute atomic E-state index is 12.0. The zero-order valence-corrected chi connectivity index (χ0v) is 11.3. The number of rotatable bonds is 3. The van der Waals surface area contributed by atoms with Crippen molar-refractivity contribution in [1.82, 2.24) is 0 Å². The van der Waals surface area contributed by atoms with Gasteiger partial charge in [-0.1, -0.05) is 6.07 Å². The number of methoxy groups -OCH3 is 1. The summed E-state index contributed by atoms with van der Waals surface area (Å²) in [5, 5.41) is 9.92. The van der Waals surface area contributed by atoms with Crippen LogP contribution < -0.4 is 9.04 Å². The summed E-state index contributed by atoms with van der Waals surface area (Å²) in [6.45, 7) is 1.91. The Labute approximate surface area is 107 Å². The van der Waals surface area contributed by atoms with E-state index in [4.69, 9.17) is 4.74 Å². The van der Waals surface area contributed by atoms with Crippen molar-refractivity contribution < 1.29 is 18.3 Å². The van der Waals surface area contributed by atoms with Gasteiger partial charge in [0, 0.05) is 18.2 Å². The normalized spacial score (nSPS) is 19.5. The number of anilines is 1. The highest BCUT2D eigenvalue weighted by Crippen LogP contribution is 2.37. The Morgan fingerprint density at radius 2 is 2.22 bits per heavy atom. The molecule has 0 spiro atoms. The summed E-state index contributed by atoms with van der Waals surface area (Å²) in [7, 11) is -1.79. The third kappa shape index (κ3) is 2.18. The van der Waals surface area contributed by atoms with Crippen LogP contribution in [0.2, 0.25) is 0 Å². The first-order valence-electron chi connectivity index (χ1n) is 5.86. The van der Waals surface area contributed by atoms with Gasteiger partial charge in [0.15, 0.2) is 0 Å². The molecule has 1 unspecified atom stereocenters. The average Bonchev–Trinajstić information content (AvgIpc) is 2.38.